The van der Waals surface area contributed by atoms with Gasteiger partial charge in [0.25, 0.3) is 0 Å². The van der Waals surface area contributed by atoms with Crippen LogP contribution in [-0.2, 0) is 16.6 Å². The molecule has 5 N–H and O–H groups in total. The van der Waals surface area contributed by atoms with Gasteiger partial charge < -0.3 is 11.1 Å². The molecule has 0 aromatic heterocycles. The fourth-order valence-electron chi connectivity index (χ4n) is 1.75. The van der Waals surface area contributed by atoms with E-state index in [4.69, 9.17) is 23.1 Å². The third-order valence-corrected chi connectivity index (χ3v) is 4.08. The highest BCUT2D eigenvalue weighted by Crippen LogP contribution is 2.13. The van der Waals surface area contributed by atoms with E-state index in [1.165, 1.54) is 12.1 Å². The Morgan fingerprint density at radius 2 is 1.62 bits per heavy atom. The molecule has 2 aromatic rings. The SMILES string of the molecule is NC(=S)c1ccc(NCc2ccc(S(N)(=O)=O)cc2)cc1. The molecule has 0 saturated heterocycles. The Kier molecular flexibility index (Phi) is 4.56. The molecule has 21 heavy (non-hydrogen) atoms. The molecule has 0 bridgehead atoms. The predicted molar refractivity (Wildman–Crippen MR) is 87.5 cm³/mol. The summed E-state index contributed by atoms with van der Waals surface area (Å²) in [5.74, 6) is 0. The summed E-state index contributed by atoms with van der Waals surface area (Å²) in [6, 6.07) is 13.9. The number of benzene rings is 2. The van der Waals surface area contributed by atoms with Crippen LogP contribution in [0, 0.1) is 0 Å². The second-order valence-electron chi connectivity index (χ2n) is 4.48. The summed E-state index contributed by atoms with van der Waals surface area (Å²) in [4.78, 5) is 0.465. The van der Waals surface area contributed by atoms with Gasteiger partial charge in [0.2, 0.25) is 10.0 Å². The van der Waals surface area contributed by atoms with Crippen molar-refractivity contribution >= 4 is 32.9 Å². The first kappa shape index (κ1) is 15.4. The topological polar surface area (TPSA) is 98.2 Å². The molecule has 0 spiro atoms. The summed E-state index contributed by atoms with van der Waals surface area (Å²) in [5, 5.41) is 8.27. The summed E-state index contributed by atoms with van der Waals surface area (Å²) in [7, 11) is -3.64. The number of nitrogens with one attached hydrogen (secondary N) is 1. The molecule has 5 nitrogen and oxygen atoms in total. The van der Waals surface area contributed by atoms with Crippen LogP contribution in [0.4, 0.5) is 5.69 Å². The van der Waals surface area contributed by atoms with E-state index >= 15 is 0 Å². The number of sulfonamides is 1. The molecule has 0 saturated carbocycles. The van der Waals surface area contributed by atoms with E-state index in [1.807, 2.05) is 24.3 Å². The maximum Gasteiger partial charge on any atom is 0.238 e. The monoisotopic (exact) mass is 321 g/mol. The van der Waals surface area contributed by atoms with Crippen molar-refractivity contribution < 1.29 is 8.42 Å². The van der Waals surface area contributed by atoms with Crippen LogP contribution in [0.25, 0.3) is 0 Å². The second kappa shape index (κ2) is 6.21. The van der Waals surface area contributed by atoms with Crippen molar-refractivity contribution in [3.8, 4) is 0 Å². The van der Waals surface area contributed by atoms with Crippen molar-refractivity contribution in [3.05, 3.63) is 59.7 Å². The molecule has 0 aliphatic carbocycles. The Morgan fingerprint density at radius 1 is 1.05 bits per heavy atom. The first-order valence-electron chi connectivity index (χ1n) is 6.12. The lowest BCUT2D eigenvalue weighted by atomic mass is 10.2. The average Bonchev–Trinajstić information content (AvgIpc) is 2.45. The lowest BCUT2D eigenvalue weighted by Gasteiger charge is -2.08. The summed E-state index contributed by atoms with van der Waals surface area (Å²) < 4.78 is 22.3. The van der Waals surface area contributed by atoms with Crippen LogP contribution in [-0.4, -0.2) is 13.4 Å². The smallest absolute Gasteiger partial charge is 0.238 e. The predicted octanol–water partition coefficient (Wildman–Crippen LogP) is 1.58. The van der Waals surface area contributed by atoms with Crippen LogP contribution in [0.15, 0.2) is 53.4 Å². The minimum Gasteiger partial charge on any atom is -0.389 e. The Morgan fingerprint density at radius 3 is 2.10 bits per heavy atom. The van der Waals surface area contributed by atoms with Crippen molar-refractivity contribution in [2.45, 2.75) is 11.4 Å². The second-order valence-corrected chi connectivity index (χ2v) is 6.49. The maximum absolute atomic E-state index is 11.2. The standard InChI is InChI=1S/C14H15N3O2S2/c15-14(20)11-3-5-12(6-4-11)17-9-10-1-7-13(8-2-10)21(16,18)19/h1-8,17H,9H2,(H2,15,20)(H2,16,18,19). The number of hydrogen-bond donors (Lipinski definition) is 3. The van der Waals surface area contributed by atoms with Gasteiger partial charge in [0.1, 0.15) is 4.99 Å². The summed E-state index contributed by atoms with van der Waals surface area (Å²) in [6.45, 7) is 0.567. The van der Waals surface area contributed by atoms with Crippen LogP contribution in [0.1, 0.15) is 11.1 Å². The van der Waals surface area contributed by atoms with E-state index in [1.54, 1.807) is 12.1 Å². The van der Waals surface area contributed by atoms with E-state index in [0.29, 0.717) is 11.5 Å². The molecule has 0 heterocycles. The van der Waals surface area contributed by atoms with Gasteiger partial charge in [-0.2, -0.15) is 0 Å². The average molecular weight is 321 g/mol. The molecule has 0 amide bonds. The minimum absolute atomic E-state index is 0.104. The molecule has 0 fully saturated rings. The summed E-state index contributed by atoms with van der Waals surface area (Å²) in [6.07, 6.45) is 0. The van der Waals surface area contributed by atoms with E-state index < -0.39 is 10.0 Å². The van der Waals surface area contributed by atoms with Gasteiger partial charge in [0, 0.05) is 17.8 Å². The van der Waals surface area contributed by atoms with Gasteiger partial charge in [-0.1, -0.05) is 24.4 Å². The first-order valence-corrected chi connectivity index (χ1v) is 8.07. The highest BCUT2D eigenvalue weighted by Gasteiger charge is 2.06. The zero-order chi connectivity index (χ0) is 15.5. The molecule has 0 atom stereocenters. The number of nitrogens with two attached hydrogens (primary N) is 2. The zero-order valence-electron chi connectivity index (χ0n) is 11.1. The molecule has 0 aliphatic rings. The highest BCUT2D eigenvalue weighted by molar-refractivity contribution is 7.89. The molecule has 2 rings (SSSR count). The van der Waals surface area contributed by atoms with Crippen LogP contribution in [0.2, 0.25) is 0 Å². The Balaban J connectivity index is 2.01. The highest BCUT2D eigenvalue weighted by atomic mass is 32.2. The Hall–Kier alpha value is -1.96. The number of hydrogen-bond acceptors (Lipinski definition) is 4. The van der Waals surface area contributed by atoms with Crippen LogP contribution < -0.4 is 16.2 Å². The van der Waals surface area contributed by atoms with E-state index in [9.17, 15) is 8.42 Å². The lowest BCUT2D eigenvalue weighted by Crippen LogP contribution is -2.12. The number of anilines is 1. The van der Waals surface area contributed by atoms with Gasteiger partial charge in [-0.3, -0.25) is 0 Å². The third-order valence-electron chi connectivity index (χ3n) is 2.92. The quantitative estimate of drug-likeness (QED) is 0.726. The van der Waals surface area contributed by atoms with Crippen molar-refractivity contribution in [2.75, 3.05) is 5.32 Å². The van der Waals surface area contributed by atoms with Gasteiger partial charge in [-0.15, -0.1) is 0 Å². The fourth-order valence-corrected chi connectivity index (χ4v) is 2.40. The Labute approximate surface area is 129 Å². The van der Waals surface area contributed by atoms with Gasteiger partial charge in [0.05, 0.1) is 4.90 Å². The normalized spacial score (nSPS) is 11.1. The molecule has 110 valence electrons. The van der Waals surface area contributed by atoms with Gasteiger partial charge >= 0.3 is 0 Å². The lowest BCUT2D eigenvalue weighted by molar-refractivity contribution is 0.598. The van der Waals surface area contributed by atoms with Gasteiger partial charge in [-0.05, 0) is 42.0 Å². The maximum atomic E-state index is 11.2. The van der Waals surface area contributed by atoms with E-state index in [2.05, 4.69) is 5.32 Å². The van der Waals surface area contributed by atoms with E-state index in [0.717, 1.165) is 16.8 Å². The van der Waals surface area contributed by atoms with Crippen LogP contribution in [0.3, 0.4) is 0 Å². The molecule has 0 unspecified atom stereocenters. The number of rotatable bonds is 5. The number of primary sulfonamides is 1. The minimum atomic E-state index is -3.64. The largest absolute Gasteiger partial charge is 0.389 e. The van der Waals surface area contributed by atoms with E-state index in [-0.39, 0.29) is 4.90 Å². The Bertz CT molecular complexity index is 739. The zero-order valence-corrected chi connectivity index (χ0v) is 12.7. The number of thiocarbonyl (C=S) groups is 1. The van der Waals surface area contributed by atoms with Crippen molar-refractivity contribution in [1.29, 1.82) is 0 Å². The fraction of sp³-hybridized carbons (Fsp3) is 0.0714. The first-order chi connectivity index (χ1) is 9.86. The van der Waals surface area contributed by atoms with Gasteiger partial charge in [-0.25, -0.2) is 13.6 Å². The van der Waals surface area contributed by atoms with Crippen LogP contribution in [0.5, 0.6) is 0 Å². The summed E-state index contributed by atoms with van der Waals surface area (Å²) in [5.41, 5.74) is 8.21. The van der Waals surface area contributed by atoms with Crippen molar-refractivity contribution in [3.63, 3.8) is 0 Å². The molecule has 0 aliphatic heterocycles. The van der Waals surface area contributed by atoms with Gasteiger partial charge in [0.15, 0.2) is 0 Å². The summed E-state index contributed by atoms with van der Waals surface area (Å²) >= 11 is 4.89. The molecule has 2 aromatic carbocycles. The molecular formula is C14H15N3O2S2. The molecule has 7 heteroatoms. The van der Waals surface area contributed by atoms with Crippen molar-refractivity contribution in [1.82, 2.24) is 0 Å². The molecule has 0 radical (unpaired) electrons. The molecular weight excluding hydrogens is 306 g/mol. The van der Waals surface area contributed by atoms with Crippen molar-refractivity contribution in [2.24, 2.45) is 10.9 Å². The third kappa shape index (κ3) is 4.25. The van der Waals surface area contributed by atoms with Crippen LogP contribution >= 0.6 is 12.2 Å².